The number of H-pyrrole nitrogens is 1. The summed E-state index contributed by atoms with van der Waals surface area (Å²) in [6, 6.07) is 1.62. The van der Waals surface area contributed by atoms with Crippen LogP contribution >= 0.6 is 11.6 Å². The van der Waals surface area contributed by atoms with Gasteiger partial charge in [0.15, 0.2) is 0 Å². The average Bonchev–Trinajstić information content (AvgIpc) is 2.57. The predicted octanol–water partition coefficient (Wildman–Crippen LogP) is 0.632. The minimum Gasteiger partial charge on any atom is -0.355 e. The van der Waals surface area contributed by atoms with E-state index in [2.05, 4.69) is 10.3 Å². The van der Waals surface area contributed by atoms with Crippen LogP contribution < -0.4 is 10.9 Å². The topological polar surface area (TPSA) is 62.0 Å². The summed E-state index contributed by atoms with van der Waals surface area (Å²) < 4.78 is 0. The Morgan fingerprint density at radius 1 is 1.43 bits per heavy atom. The molecule has 0 bridgehead atoms. The van der Waals surface area contributed by atoms with Gasteiger partial charge in [-0.15, -0.1) is 0 Å². The molecule has 0 spiro atoms. The fraction of sp³-hybridized carbons (Fsp3) is 0.333. The second kappa shape index (κ2) is 3.46. The Balaban J connectivity index is 2.29. The first-order valence-corrected chi connectivity index (χ1v) is 4.69. The molecule has 1 aliphatic heterocycles. The SMILES string of the molecule is O=C1CC(c2c[nH]c(=O)c(Cl)c2)CN1. The Bertz CT molecular complexity index is 427. The third kappa shape index (κ3) is 1.65. The zero-order valence-corrected chi connectivity index (χ0v) is 8.10. The number of aromatic nitrogens is 1. The highest BCUT2D eigenvalue weighted by Crippen LogP contribution is 2.22. The summed E-state index contributed by atoms with van der Waals surface area (Å²) in [6.07, 6.45) is 2.07. The molecular weight excluding hydrogens is 204 g/mol. The molecule has 5 heteroatoms. The summed E-state index contributed by atoms with van der Waals surface area (Å²) in [5, 5.41) is 2.90. The van der Waals surface area contributed by atoms with Crippen LogP contribution in [0.1, 0.15) is 17.9 Å². The Hall–Kier alpha value is -1.29. The van der Waals surface area contributed by atoms with Crippen LogP contribution in [0.4, 0.5) is 0 Å². The highest BCUT2D eigenvalue weighted by atomic mass is 35.5. The number of carbonyl (C=O) groups is 1. The molecule has 0 radical (unpaired) electrons. The van der Waals surface area contributed by atoms with E-state index < -0.39 is 0 Å². The van der Waals surface area contributed by atoms with Crippen molar-refractivity contribution in [2.45, 2.75) is 12.3 Å². The van der Waals surface area contributed by atoms with E-state index in [1.165, 1.54) is 0 Å². The van der Waals surface area contributed by atoms with Gasteiger partial charge in [-0.3, -0.25) is 9.59 Å². The van der Waals surface area contributed by atoms with Gasteiger partial charge in [0.1, 0.15) is 5.02 Å². The third-order valence-electron chi connectivity index (χ3n) is 2.33. The molecule has 0 aromatic carbocycles. The van der Waals surface area contributed by atoms with Crippen LogP contribution in [0.5, 0.6) is 0 Å². The molecule has 1 saturated heterocycles. The maximum absolute atomic E-state index is 11.0. The second-order valence-corrected chi connectivity index (χ2v) is 3.72. The maximum Gasteiger partial charge on any atom is 0.266 e. The summed E-state index contributed by atoms with van der Waals surface area (Å²) in [6.45, 7) is 0.612. The normalized spacial score (nSPS) is 20.9. The van der Waals surface area contributed by atoms with Crippen LogP contribution in [0.2, 0.25) is 5.02 Å². The van der Waals surface area contributed by atoms with E-state index in [1.54, 1.807) is 12.3 Å². The molecule has 0 saturated carbocycles. The maximum atomic E-state index is 11.0. The van der Waals surface area contributed by atoms with Gasteiger partial charge in [-0.05, 0) is 11.6 Å². The van der Waals surface area contributed by atoms with E-state index in [4.69, 9.17) is 11.6 Å². The van der Waals surface area contributed by atoms with Crippen molar-refractivity contribution in [3.63, 3.8) is 0 Å². The minimum absolute atomic E-state index is 0.0392. The number of carbonyl (C=O) groups excluding carboxylic acids is 1. The van der Waals surface area contributed by atoms with E-state index >= 15 is 0 Å². The van der Waals surface area contributed by atoms with Gasteiger partial charge in [0, 0.05) is 25.1 Å². The minimum atomic E-state index is -0.298. The molecule has 14 heavy (non-hydrogen) atoms. The lowest BCUT2D eigenvalue weighted by molar-refractivity contribution is -0.119. The first-order chi connectivity index (χ1) is 6.66. The van der Waals surface area contributed by atoms with E-state index in [0.717, 1.165) is 5.56 Å². The van der Waals surface area contributed by atoms with E-state index in [0.29, 0.717) is 13.0 Å². The van der Waals surface area contributed by atoms with Gasteiger partial charge in [-0.25, -0.2) is 0 Å². The summed E-state index contributed by atoms with van der Waals surface area (Å²) in [4.78, 5) is 24.5. The standard InChI is InChI=1S/C9H9ClN2O2/c10-7-1-5(4-12-9(7)14)6-2-8(13)11-3-6/h1,4,6H,2-3H2,(H,11,13)(H,12,14). The fourth-order valence-corrected chi connectivity index (χ4v) is 1.73. The monoisotopic (exact) mass is 212 g/mol. The molecular formula is C9H9ClN2O2. The van der Waals surface area contributed by atoms with Gasteiger partial charge < -0.3 is 10.3 Å². The quantitative estimate of drug-likeness (QED) is 0.718. The van der Waals surface area contributed by atoms with Gasteiger partial charge in [-0.1, -0.05) is 11.6 Å². The molecule has 2 rings (SSSR count). The number of nitrogens with one attached hydrogen (secondary N) is 2. The lowest BCUT2D eigenvalue weighted by Crippen LogP contribution is -2.14. The molecule has 74 valence electrons. The van der Waals surface area contributed by atoms with Crippen molar-refractivity contribution in [1.29, 1.82) is 0 Å². The van der Waals surface area contributed by atoms with Crippen LogP contribution in [-0.2, 0) is 4.79 Å². The highest BCUT2D eigenvalue weighted by Gasteiger charge is 2.23. The Labute approximate surface area is 85.3 Å². The fourth-order valence-electron chi connectivity index (χ4n) is 1.55. The van der Waals surface area contributed by atoms with Gasteiger partial charge in [0.05, 0.1) is 0 Å². The van der Waals surface area contributed by atoms with Crippen LogP contribution in [0.3, 0.4) is 0 Å². The number of amides is 1. The van der Waals surface area contributed by atoms with E-state index in [9.17, 15) is 9.59 Å². The third-order valence-corrected chi connectivity index (χ3v) is 2.61. The molecule has 1 amide bonds. The second-order valence-electron chi connectivity index (χ2n) is 3.32. The lowest BCUT2D eigenvalue weighted by Gasteiger charge is -2.06. The van der Waals surface area contributed by atoms with Crippen molar-refractivity contribution in [3.05, 3.63) is 33.2 Å². The Morgan fingerprint density at radius 2 is 2.21 bits per heavy atom. The number of halogens is 1. The van der Waals surface area contributed by atoms with Crippen molar-refractivity contribution >= 4 is 17.5 Å². The van der Waals surface area contributed by atoms with Crippen molar-refractivity contribution < 1.29 is 4.79 Å². The molecule has 1 aromatic heterocycles. The van der Waals surface area contributed by atoms with Gasteiger partial charge in [0.2, 0.25) is 5.91 Å². The van der Waals surface area contributed by atoms with Crippen molar-refractivity contribution in [2.75, 3.05) is 6.54 Å². The van der Waals surface area contributed by atoms with Crippen molar-refractivity contribution in [2.24, 2.45) is 0 Å². The zero-order valence-electron chi connectivity index (χ0n) is 7.34. The van der Waals surface area contributed by atoms with Crippen LogP contribution in [0.15, 0.2) is 17.1 Å². The van der Waals surface area contributed by atoms with Gasteiger partial charge in [-0.2, -0.15) is 0 Å². The number of rotatable bonds is 1. The molecule has 1 unspecified atom stereocenters. The zero-order chi connectivity index (χ0) is 10.1. The van der Waals surface area contributed by atoms with E-state index in [-0.39, 0.29) is 22.4 Å². The molecule has 1 aliphatic rings. The van der Waals surface area contributed by atoms with Crippen LogP contribution in [-0.4, -0.2) is 17.4 Å². The average molecular weight is 213 g/mol. The molecule has 1 atom stereocenters. The Kier molecular flexibility index (Phi) is 2.29. The molecule has 1 fully saturated rings. The summed E-state index contributed by atoms with van der Waals surface area (Å²) in [7, 11) is 0. The van der Waals surface area contributed by atoms with Gasteiger partial charge in [0.25, 0.3) is 5.56 Å². The first kappa shape index (κ1) is 9.27. The molecule has 4 nitrogen and oxygen atoms in total. The first-order valence-electron chi connectivity index (χ1n) is 4.31. The molecule has 2 heterocycles. The number of pyridine rings is 1. The van der Waals surface area contributed by atoms with Crippen LogP contribution in [0, 0.1) is 0 Å². The van der Waals surface area contributed by atoms with Crippen molar-refractivity contribution in [3.8, 4) is 0 Å². The lowest BCUT2D eigenvalue weighted by atomic mass is 10.0. The highest BCUT2D eigenvalue weighted by molar-refractivity contribution is 6.30. The van der Waals surface area contributed by atoms with Crippen molar-refractivity contribution in [1.82, 2.24) is 10.3 Å². The van der Waals surface area contributed by atoms with E-state index in [1.807, 2.05) is 0 Å². The molecule has 1 aromatic rings. The molecule has 2 N–H and O–H groups in total. The van der Waals surface area contributed by atoms with Gasteiger partial charge >= 0.3 is 0 Å². The smallest absolute Gasteiger partial charge is 0.266 e. The van der Waals surface area contributed by atoms with Crippen LogP contribution in [0.25, 0.3) is 0 Å². The summed E-state index contributed by atoms with van der Waals surface area (Å²) in [5.41, 5.74) is 0.598. The number of hydrogen-bond donors (Lipinski definition) is 2. The summed E-state index contributed by atoms with van der Waals surface area (Å²) >= 11 is 5.68. The Morgan fingerprint density at radius 3 is 2.79 bits per heavy atom. The number of aromatic amines is 1. The predicted molar refractivity (Wildman–Crippen MR) is 52.4 cm³/mol. The summed E-state index contributed by atoms with van der Waals surface area (Å²) in [5.74, 6) is 0.161. The molecule has 0 aliphatic carbocycles. The largest absolute Gasteiger partial charge is 0.355 e. The number of hydrogen-bond acceptors (Lipinski definition) is 2.